The summed E-state index contributed by atoms with van der Waals surface area (Å²) in [4.78, 5) is 28.4. The lowest BCUT2D eigenvalue weighted by molar-refractivity contribution is 0.0824. The molecule has 2 aromatic carbocycles. The van der Waals surface area contributed by atoms with Crippen LogP contribution in [0.4, 0.5) is 0 Å². The zero-order chi connectivity index (χ0) is 20.7. The third-order valence-corrected chi connectivity index (χ3v) is 6.77. The lowest BCUT2D eigenvalue weighted by Gasteiger charge is -2.21. The van der Waals surface area contributed by atoms with E-state index in [4.69, 9.17) is 11.6 Å². The molecule has 3 aromatic rings. The Morgan fingerprint density at radius 1 is 1.14 bits per heavy atom. The van der Waals surface area contributed by atoms with Crippen LogP contribution < -0.4 is 5.43 Å². The van der Waals surface area contributed by atoms with Crippen molar-refractivity contribution < 1.29 is 4.79 Å². The van der Waals surface area contributed by atoms with E-state index in [0.29, 0.717) is 11.4 Å². The molecule has 1 amide bonds. The molecule has 0 radical (unpaired) electrons. The summed E-state index contributed by atoms with van der Waals surface area (Å²) in [5.74, 6) is -0.277. The van der Waals surface area contributed by atoms with E-state index in [9.17, 15) is 9.59 Å². The van der Waals surface area contributed by atoms with E-state index in [2.05, 4.69) is 10.6 Å². The van der Waals surface area contributed by atoms with Gasteiger partial charge in [0.15, 0.2) is 5.43 Å². The third kappa shape index (κ3) is 3.49. The Bertz CT molecular complexity index is 1170. The Kier molecular flexibility index (Phi) is 5.28. The van der Waals surface area contributed by atoms with Crippen LogP contribution in [-0.4, -0.2) is 29.5 Å². The van der Waals surface area contributed by atoms with Crippen LogP contribution in [0.25, 0.3) is 5.69 Å². The van der Waals surface area contributed by atoms with Gasteiger partial charge in [0, 0.05) is 53.1 Å². The van der Waals surface area contributed by atoms with Crippen molar-refractivity contribution in [3.05, 3.63) is 92.4 Å². The molecule has 0 aliphatic carbocycles. The molecule has 0 N–H and O–H groups in total. The van der Waals surface area contributed by atoms with Gasteiger partial charge in [0.2, 0.25) is 0 Å². The van der Waals surface area contributed by atoms with Crippen molar-refractivity contribution in [2.24, 2.45) is 0 Å². The molecule has 2 heterocycles. The van der Waals surface area contributed by atoms with Crippen molar-refractivity contribution in [2.45, 2.75) is 23.5 Å². The number of pyridine rings is 1. The van der Waals surface area contributed by atoms with Gasteiger partial charge in [0.05, 0.1) is 5.69 Å². The second kappa shape index (κ2) is 7.73. The number of carbonyl (C=O) groups is 1. The minimum atomic E-state index is -0.277. The van der Waals surface area contributed by atoms with Gasteiger partial charge in [-0.05, 0) is 30.7 Å². The maximum Gasteiger partial charge on any atom is 0.259 e. The van der Waals surface area contributed by atoms with E-state index < -0.39 is 0 Å². The highest BCUT2D eigenvalue weighted by Gasteiger charge is 2.30. The van der Waals surface area contributed by atoms with Gasteiger partial charge in [0.25, 0.3) is 5.91 Å². The average molecular weight is 425 g/mol. The van der Waals surface area contributed by atoms with Gasteiger partial charge >= 0.3 is 0 Å². The van der Waals surface area contributed by atoms with Crippen molar-refractivity contribution in [1.29, 1.82) is 0 Å². The predicted molar refractivity (Wildman–Crippen MR) is 119 cm³/mol. The number of rotatable bonds is 2. The van der Waals surface area contributed by atoms with E-state index in [-0.39, 0.29) is 22.1 Å². The highest BCUT2D eigenvalue weighted by molar-refractivity contribution is 7.99. The van der Waals surface area contributed by atoms with Crippen LogP contribution in [-0.2, 0) is 6.42 Å². The Morgan fingerprint density at radius 2 is 1.83 bits per heavy atom. The third-order valence-electron chi connectivity index (χ3n) is 5.12. The maximum atomic E-state index is 13.0. The molecule has 0 unspecified atom stereocenters. The van der Waals surface area contributed by atoms with Crippen molar-refractivity contribution in [3.8, 4) is 5.69 Å². The first-order chi connectivity index (χ1) is 13.9. The molecule has 0 saturated carbocycles. The van der Waals surface area contributed by atoms with Gasteiger partial charge in [-0.3, -0.25) is 9.59 Å². The van der Waals surface area contributed by atoms with Crippen LogP contribution in [0.2, 0.25) is 5.02 Å². The number of hydrogen-bond donors (Lipinski definition) is 0. The van der Waals surface area contributed by atoms with E-state index >= 15 is 0 Å². The molecule has 4 nitrogen and oxygen atoms in total. The molecule has 0 spiro atoms. The number of halogens is 1. The highest BCUT2D eigenvalue weighted by Crippen LogP contribution is 2.45. The maximum absolute atomic E-state index is 13.0. The van der Waals surface area contributed by atoms with Gasteiger partial charge < -0.3 is 9.47 Å². The largest absolute Gasteiger partial charge is 0.345 e. The molecule has 1 aliphatic rings. The first kappa shape index (κ1) is 19.8. The Hall–Kier alpha value is -2.50. The van der Waals surface area contributed by atoms with Crippen LogP contribution in [0.5, 0.6) is 0 Å². The van der Waals surface area contributed by atoms with Crippen molar-refractivity contribution in [3.63, 3.8) is 0 Å². The summed E-state index contributed by atoms with van der Waals surface area (Å²) in [6.45, 7) is 1.91. The number of thioether (sulfide) groups is 1. The zero-order valence-corrected chi connectivity index (χ0v) is 18.1. The molecule has 6 heteroatoms. The Balaban J connectivity index is 2.04. The fraction of sp³-hybridized carbons (Fsp3) is 0.217. The van der Waals surface area contributed by atoms with Gasteiger partial charge in [-0.2, -0.15) is 0 Å². The minimum Gasteiger partial charge on any atom is -0.345 e. The molecule has 1 atom stereocenters. The van der Waals surface area contributed by atoms with Crippen molar-refractivity contribution in [2.75, 3.05) is 14.1 Å². The predicted octanol–water partition coefficient (Wildman–Crippen LogP) is 4.89. The number of carbonyl (C=O) groups excluding carboxylic acids is 1. The quantitative estimate of drug-likeness (QED) is 0.588. The van der Waals surface area contributed by atoms with E-state index in [1.165, 1.54) is 4.90 Å². The first-order valence-corrected chi connectivity index (χ1v) is 10.6. The van der Waals surface area contributed by atoms with Gasteiger partial charge in [0.1, 0.15) is 5.56 Å². The number of nitrogens with zero attached hydrogens (tertiary/aromatic N) is 2. The fourth-order valence-electron chi connectivity index (χ4n) is 3.80. The average Bonchev–Trinajstić information content (AvgIpc) is 2.85. The van der Waals surface area contributed by atoms with Crippen LogP contribution in [0.15, 0.2) is 64.3 Å². The van der Waals surface area contributed by atoms with Crippen molar-refractivity contribution in [1.82, 2.24) is 9.47 Å². The number of hydrogen-bond acceptors (Lipinski definition) is 3. The lowest BCUT2D eigenvalue weighted by Crippen LogP contribution is -2.32. The summed E-state index contributed by atoms with van der Waals surface area (Å²) >= 11 is 8.24. The molecular weight excluding hydrogens is 404 g/mol. The summed E-state index contributed by atoms with van der Waals surface area (Å²) < 4.78 is 2.05. The van der Waals surface area contributed by atoms with Gasteiger partial charge in [-0.25, -0.2) is 0 Å². The molecule has 1 aliphatic heterocycles. The summed E-state index contributed by atoms with van der Waals surface area (Å²) in [7, 11) is 3.34. The summed E-state index contributed by atoms with van der Waals surface area (Å²) in [6.07, 6.45) is 0.523. The Morgan fingerprint density at radius 3 is 2.55 bits per heavy atom. The number of benzene rings is 2. The van der Waals surface area contributed by atoms with Crippen LogP contribution in [0.3, 0.4) is 0 Å². The molecule has 0 saturated heterocycles. The second-order valence-corrected chi connectivity index (χ2v) is 8.96. The number of aromatic nitrogens is 1. The molecule has 0 bridgehead atoms. The smallest absolute Gasteiger partial charge is 0.259 e. The molecular formula is C23H21ClN2O2S. The van der Waals surface area contributed by atoms with E-state index in [0.717, 1.165) is 27.5 Å². The summed E-state index contributed by atoms with van der Waals surface area (Å²) in [5, 5.41) is 0.667. The van der Waals surface area contributed by atoms with E-state index in [1.807, 2.05) is 49.4 Å². The monoisotopic (exact) mass is 424 g/mol. The molecule has 148 valence electrons. The lowest BCUT2D eigenvalue weighted by atomic mass is 10.0. The Labute approximate surface area is 179 Å². The normalized spacial score (nSPS) is 15.2. The number of fused-ring (bicyclic) bond motifs is 3. The zero-order valence-electron chi connectivity index (χ0n) is 16.5. The minimum absolute atomic E-state index is 0.0199. The van der Waals surface area contributed by atoms with Crippen LogP contribution in [0.1, 0.15) is 32.6 Å². The molecule has 0 fully saturated rings. The molecule has 4 rings (SSSR count). The molecule has 1 aromatic heterocycles. The highest BCUT2D eigenvalue weighted by atomic mass is 35.5. The number of aryl methyl sites for hydroxylation is 1. The summed E-state index contributed by atoms with van der Waals surface area (Å²) in [6, 6.07) is 17.4. The number of para-hydroxylation sites is 1. The SMILES string of the molecule is Cc1cc(=O)c(C(=O)N(C)C)c2n1-c1ccccc1S[C@H](c1ccccc1Cl)C2. The van der Waals surface area contributed by atoms with E-state index in [1.54, 1.807) is 31.9 Å². The standard InChI is InChI=1S/C23H21ClN2O2S/c1-14-12-19(27)22(23(28)25(2)3)18-13-21(15-8-4-5-9-16(15)24)29-20-11-7-6-10-17(20)26(14)18/h4-12,21H,13H2,1-3H3/t21-/m0/s1. The summed E-state index contributed by atoms with van der Waals surface area (Å²) in [5.41, 5.74) is 3.51. The van der Waals surface area contributed by atoms with Crippen LogP contribution in [0, 0.1) is 6.92 Å². The van der Waals surface area contributed by atoms with Gasteiger partial charge in [-0.15, -0.1) is 11.8 Å². The van der Waals surface area contributed by atoms with Crippen LogP contribution >= 0.6 is 23.4 Å². The molecule has 29 heavy (non-hydrogen) atoms. The van der Waals surface area contributed by atoms with Crippen molar-refractivity contribution >= 4 is 29.3 Å². The second-order valence-electron chi connectivity index (χ2n) is 7.31. The number of amides is 1. The topological polar surface area (TPSA) is 42.3 Å². The fourth-order valence-corrected chi connectivity index (χ4v) is 5.45. The first-order valence-electron chi connectivity index (χ1n) is 9.36. The van der Waals surface area contributed by atoms with Gasteiger partial charge in [-0.1, -0.05) is 41.9 Å².